The zero-order chi connectivity index (χ0) is 20.4. The van der Waals surface area contributed by atoms with Crippen molar-refractivity contribution in [2.24, 2.45) is 5.92 Å². The van der Waals surface area contributed by atoms with E-state index in [4.69, 9.17) is 4.74 Å². The van der Waals surface area contributed by atoms with E-state index in [9.17, 15) is 9.18 Å². The summed E-state index contributed by atoms with van der Waals surface area (Å²) in [6, 6.07) is 6.67. The molecule has 0 saturated carbocycles. The van der Waals surface area contributed by atoms with Crippen LogP contribution in [0.3, 0.4) is 0 Å². The normalized spacial score (nSPS) is 21.3. The maximum atomic E-state index is 13.1. The zero-order valence-electron chi connectivity index (χ0n) is 17.1. The highest BCUT2D eigenvalue weighted by atomic mass is 19.1. The molecule has 2 aliphatic heterocycles. The fraction of sp³-hybridized carbons (Fsp3) is 0.545. The predicted molar refractivity (Wildman–Crippen MR) is 108 cm³/mol. The average molecular weight is 400 g/mol. The summed E-state index contributed by atoms with van der Waals surface area (Å²) in [5.74, 6) is 1.06. The standard InChI is InChI=1S/C22H29FN4O2/c1-16(2)13-25-20(28)19-15-27-12-9-24-21(27)22(29-19)7-10-26(11-8-22)14-17-3-5-18(23)6-4-17/h3-6,9,12,16,19H,7-8,10-11,13-15H2,1-2H3,(H,25,28)/t19-/m1/s1. The lowest BCUT2D eigenvalue weighted by Crippen LogP contribution is -2.54. The van der Waals surface area contributed by atoms with Gasteiger partial charge in [-0.3, -0.25) is 9.69 Å². The number of benzene rings is 1. The van der Waals surface area contributed by atoms with E-state index in [1.807, 2.05) is 18.3 Å². The number of ether oxygens (including phenoxy) is 1. The first kappa shape index (κ1) is 20.0. The van der Waals surface area contributed by atoms with Gasteiger partial charge >= 0.3 is 0 Å². The van der Waals surface area contributed by atoms with Crippen molar-refractivity contribution < 1.29 is 13.9 Å². The summed E-state index contributed by atoms with van der Waals surface area (Å²) in [4.78, 5) is 19.6. The van der Waals surface area contributed by atoms with Gasteiger partial charge < -0.3 is 14.6 Å². The van der Waals surface area contributed by atoms with E-state index >= 15 is 0 Å². The third kappa shape index (κ3) is 4.36. The number of aromatic nitrogens is 2. The monoisotopic (exact) mass is 400 g/mol. The number of fused-ring (bicyclic) bond motifs is 2. The van der Waals surface area contributed by atoms with Crippen molar-refractivity contribution in [2.45, 2.75) is 51.5 Å². The van der Waals surface area contributed by atoms with E-state index in [-0.39, 0.29) is 11.7 Å². The smallest absolute Gasteiger partial charge is 0.251 e. The highest BCUT2D eigenvalue weighted by Gasteiger charge is 2.47. The summed E-state index contributed by atoms with van der Waals surface area (Å²) in [5, 5.41) is 3.00. The Balaban J connectivity index is 1.44. The molecule has 156 valence electrons. The van der Waals surface area contributed by atoms with Gasteiger partial charge in [0.2, 0.25) is 0 Å². The molecule has 1 atom stereocenters. The van der Waals surface area contributed by atoms with Gasteiger partial charge in [0.15, 0.2) is 6.10 Å². The Hall–Kier alpha value is -2.25. The first-order valence-electron chi connectivity index (χ1n) is 10.4. The van der Waals surface area contributed by atoms with Crippen molar-refractivity contribution in [3.05, 3.63) is 53.9 Å². The SMILES string of the molecule is CC(C)CNC(=O)[C@H]1Cn2ccnc2C2(CCN(Cc3ccc(F)cc3)CC2)O1. The summed E-state index contributed by atoms with van der Waals surface area (Å²) < 4.78 is 21.6. The van der Waals surface area contributed by atoms with Crippen molar-refractivity contribution in [1.82, 2.24) is 19.8 Å². The lowest BCUT2D eigenvalue weighted by atomic mass is 9.88. The Bertz CT molecular complexity index is 841. The number of carbonyl (C=O) groups is 1. The molecular formula is C22H29FN4O2. The van der Waals surface area contributed by atoms with Crippen LogP contribution in [-0.4, -0.2) is 46.1 Å². The second-order valence-corrected chi connectivity index (χ2v) is 8.55. The van der Waals surface area contributed by atoms with E-state index in [2.05, 4.69) is 33.6 Å². The van der Waals surface area contributed by atoms with Gasteiger partial charge in [0.05, 0.1) is 6.54 Å². The third-order valence-electron chi connectivity index (χ3n) is 5.81. The molecule has 0 radical (unpaired) electrons. The summed E-state index contributed by atoms with van der Waals surface area (Å²) in [6.45, 7) is 7.76. The first-order valence-corrected chi connectivity index (χ1v) is 10.4. The molecule has 1 N–H and O–H groups in total. The van der Waals surface area contributed by atoms with Crippen LogP contribution in [0.5, 0.6) is 0 Å². The maximum absolute atomic E-state index is 13.1. The number of nitrogens with one attached hydrogen (secondary N) is 1. The number of carbonyl (C=O) groups excluding carboxylic acids is 1. The lowest BCUT2D eigenvalue weighted by molar-refractivity contribution is -0.174. The quantitative estimate of drug-likeness (QED) is 0.838. The molecule has 0 aliphatic carbocycles. The van der Waals surface area contributed by atoms with E-state index in [0.717, 1.165) is 43.9 Å². The molecule has 1 aromatic heterocycles. The molecule has 1 saturated heterocycles. The minimum Gasteiger partial charge on any atom is -0.354 e. The molecule has 29 heavy (non-hydrogen) atoms. The van der Waals surface area contributed by atoms with Crippen LogP contribution in [0, 0.1) is 11.7 Å². The van der Waals surface area contributed by atoms with Crippen molar-refractivity contribution in [1.29, 1.82) is 0 Å². The molecule has 1 spiro atoms. The molecule has 3 heterocycles. The molecule has 2 aromatic rings. The first-order chi connectivity index (χ1) is 13.9. The zero-order valence-corrected chi connectivity index (χ0v) is 17.1. The fourth-order valence-electron chi connectivity index (χ4n) is 4.21. The van der Waals surface area contributed by atoms with Gasteiger partial charge in [0.25, 0.3) is 5.91 Å². The molecule has 7 heteroatoms. The molecule has 0 unspecified atom stereocenters. The Morgan fingerprint density at radius 1 is 1.31 bits per heavy atom. The van der Waals surface area contributed by atoms with Gasteiger partial charge in [0, 0.05) is 38.6 Å². The Morgan fingerprint density at radius 2 is 2.03 bits per heavy atom. The van der Waals surface area contributed by atoms with Crippen molar-refractivity contribution >= 4 is 5.91 Å². The Kier molecular flexibility index (Phi) is 5.69. The van der Waals surface area contributed by atoms with Crippen molar-refractivity contribution in [3.63, 3.8) is 0 Å². The number of imidazole rings is 1. The topological polar surface area (TPSA) is 59.4 Å². The summed E-state index contributed by atoms with van der Waals surface area (Å²) in [7, 11) is 0. The second kappa shape index (κ2) is 8.24. The van der Waals surface area contributed by atoms with Gasteiger partial charge in [-0.15, -0.1) is 0 Å². The van der Waals surface area contributed by atoms with Crippen LogP contribution in [0.2, 0.25) is 0 Å². The molecule has 2 aliphatic rings. The number of piperidine rings is 1. The molecule has 1 aromatic carbocycles. The number of nitrogens with zero attached hydrogens (tertiary/aromatic N) is 3. The molecule has 4 rings (SSSR count). The van der Waals surface area contributed by atoms with E-state index in [0.29, 0.717) is 19.0 Å². The van der Waals surface area contributed by atoms with Crippen LogP contribution in [0.1, 0.15) is 38.1 Å². The van der Waals surface area contributed by atoms with E-state index in [1.54, 1.807) is 6.20 Å². The predicted octanol–water partition coefficient (Wildman–Crippen LogP) is 2.68. The molecule has 1 fully saturated rings. The minimum absolute atomic E-state index is 0.0498. The van der Waals surface area contributed by atoms with E-state index in [1.165, 1.54) is 12.1 Å². The van der Waals surface area contributed by atoms with Crippen LogP contribution < -0.4 is 5.32 Å². The summed E-state index contributed by atoms with van der Waals surface area (Å²) in [5.41, 5.74) is 0.570. The fourth-order valence-corrected chi connectivity index (χ4v) is 4.21. The molecular weight excluding hydrogens is 371 g/mol. The van der Waals surface area contributed by atoms with Crippen LogP contribution >= 0.6 is 0 Å². The number of amides is 1. The third-order valence-corrected chi connectivity index (χ3v) is 5.81. The number of hydrogen-bond donors (Lipinski definition) is 1. The maximum Gasteiger partial charge on any atom is 0.251 e. The van der Waals surface area contributed by atoms with Crippen LogP contribution in [-0.2, 0) is 28.2 Å². The van der Waals surface area contributed by atoms with E-state index < -0.39 is 11.7 Å². The van der Waals surface area contributed by atoms with Gasteiger partial charge in [-0.05, 0) is 36.5 Å². The second-order valence-electron chi connectivity index (χ2n) is 8.55. The van der Waals surface area contributed by atoms with Crippen LogP contribution in [0.15, 0.2) is 36.7 Å². The lowest BCUT2D eigenvalue weighted by Gasteiger charge is -2.45. The van der Waals surface area contributed by atoms with Crippen molar-refractivity contribution in [3.8, 4) is 0 Å². The number of hydrogen-bond acceptors (Lipinski definition) is 4. The van der Waals surface area contributed by atoms with Gasteiger partial charge in [-0.25, -0.2) is 9.37 Å². The molecule has 0 bridgehead atoms. The highest BCUT2D eigenvalue weighted by molar-refractivity contribution is 5.80. The highest BCUT2D eigenvalue weighted by Crippen LogP contribution is 2.40. The largest absolute Gasteiger partial charge is 0.354 e. The Morgan fingerprint density at radius 3 is 2.72 bits per heavy atom. The number of likely N-dealkylation sites (tertiary alicyclic amines) is 1. The van der Waals surface area contributed by atoms with Gasteiger partial charge in [-0.1, -0.05) is 26.0 Å². The minimum atomic E-state index is -0.527. The van der Waals surface area contributed by atoms with Crippen LogP contribution in [0.4, 0.5) is 4.39 Å². The van der Waals surface area contributed by atoms with Gasteiger partial charge in [-0.2, -0.15) is 0 Å². The summed E-state index contributed by atoms with van der Waals surface area (Å²) in [6.07, 6.45) is 4.78. The Labute approximate surface area is 171 Å². The molecule has 6 nitrogen and oxygen atoms in total. The molecule has 1 amide bonds. The van der Waals surface area contributed by atoms with Gasteiger partial charge in [0.1, 0.15) is 17.2 Å². The average Bonchev–Trinajstić information content (AvgIpc) is 3.19. The number of rotatable bonds is 5. The van der Waals surface area contributed by atoms with Crippen LogP contribution in [0.25, 0.3) is 0 Å². The van der Waals surface area contributed by atoms with Crippen molar-refractivity contribution in [2.75, 3.05) is 19.6 Å². The number of halogens is 1. The summed E-state index contributed by atoms with van der Waals surface area (Å²) >= 11 is 0.